The van der Waals surface area contributed by atoms with Gasteiger partial charge in [-0.05, 0) is 17.7 Å². The Kier molecular flexibility index (Phi) is 6.92. The lowest BCUT2D eigenvalue weighted by Gasteiger charge is -2.07. The first-order chi connectivity index (χ1) is 13.9. The lowest BCUT2D eigenvalue weighted by Crippen LogP contribution is -2.25. The summed E-state index contributed by atoms with van der Waals surface area (Å²) in [6.45, 7) is 3.68. The first-order valence-electron chi connectivity index (χ1n) is 8.92. The van der Waals surface area contributed by atoms with Crippen molar-refractivity contribution < 1.29 is 13.2 Å². The molecule has 150 valence electrons. The zero-order chi connectivity index (χ0) is 20.7. The highest BCUT2D eigenvalue weighted by molar-refractivity contribution is 7.88. The minimum absolute atomic E-state index is 0.129. The van der Waals surface area contributed by atoms with Crippen molar-refractivity contribution in [3.63, 3.8) is 0 Å². The highest BCUT2D eigenvalue weighted by Gasteiger charge is 2.12. The average molecular weight is 428 g/mol. The Labute approximate surface area is 174 Å². The molecule has 0 unspecified atom stereocenters. The van der Waals surface area contributed by atoms with Gasteiger partial charge in [-0.25, -0.2) is 18.1 Å². The summed E-state index contributed by atoms with van der Waals surface area (Å²) in [6, 6.07) is 16.6. The van der Waals surface area contributed by atoms with Crippen molar-refractivity contribution in [3.05, 3.63) is 83.9 Å². The van der Waals surface area contributed by atoms with Crippen LogP contribution in [0.25, 0.3) is 10.6 Å². The summed E-state index contributed by atoms with van der Waals surface area (Å²) in [5.41, 5.74) is 2.97. The summed E-state index contributed by atoms with van der Waals surface area (Å²) >= 11 is 1.50. The lowest BCUT2D eigenvalue weighted by molar-refractivity contribution is -0.115. The third-order valence-electron chi connectivity index (χ3n) is 3.96. The molecule has 2 N–H and O–H groups in total. The van der Waals surface area contributed by atoms with Crippen LogP contribution in [-0.4, -0.2) is 25.9 Å². The number of sulfonamides is 1. The number of hydrogen-bond acceptors (Lipinski definition) is 5. The Bertz CT molecular complexity index is 1080. The number of thiazole rings is 1. The molecule has 1 heterocycles. The van der Waals surface area contributed by atoms with E-state index in [1.54, 1.807) is 24.3 Å². The Morgan fingerprint density at radius 1 is 1.10 bits per heavy atom. The van der Waals surface area contributed by atoms with Crippen LogP contribution < -0.4 is 10.0 Å². The van der Waals surface area contributed by atoms with Crippen LogP contribution in [0.15, 0.2) is 72.6 Å². The van der Waals surface area contributed by atoms with Gasteiger partial charge in [0, 0.05) is 23.2 Å². The quantitative estimate of drug-likeness (QED) is 0.511. The fraction of sp³-hybridized carbons (Fsp3) is 0.143. The van der Waals surface area contributed by atoms with E-state index in [-0.39, 0.29) is 24.6 Å². The summed E-state index contributed by atoms with van der Waals surface area (Å²) < 4.78 is 26.2. The zero-order valence-corrected chi connectivity index (χ0v) is 17.3. The fourth-order valence-corrected chi connectivity index (χ4v) is 4.54. The molecule has 0 saturated heterocycles. The fourth-order valence-electron chi connectivity index (χ4n) is 2.61. The second-order valence-corrected chi connectivity index (χ2v) is 8.99. The van der Waals surface area contributed by atoms with Crippen LogP contribution in [0.4, 0.5) is 5.69 Å². The first kappa shape index (κ1) is 20.9. The number of benzene rings is 2. The number of aromatic nitrogens is 1. The van der Waals surface area contributed by atoms with Crippen LogP contribution in [0.5, 0.6) is 0 Å². The number of anilines is 1. The summed E-state index contributed by atoms with van der Waals surface area (Å²) in [7, 11) is -3.41. The van der Waals surface area contributed by atoms with E-state index in [4.69, 9.17) is 0 Å². The molecule has 0 radical (unpaired) electrons. The van der Waals surface area contributed by atoms with Crippen LogP contribution in [0.1, 0.15) is 11.3 Å². The number of hydrogen-bond donors (Lipinski definition) is 2. The molecule has 1 amide bonds. The van der Waals surface area contributed by atoms with Gasteiger partial charge in [0.15, 0.2) is 0 Å². The third-order valence-corrected chi connectivity index (χ3v) is 6.22. The Morgan fingerprint density at radius 2 is 1.83 bits per heavy atom. The summed E-state index contributed by atoms with van der Waals surface area (Å²) in [6.07, 6.45) is 1.66. The van der Waals surface area contributed by atoms with Gasteiger partial charge in [0.25, 0.3) is 0 Å². The predicted octanol–water partition coefficient (Wildman–Crippen LogP) is 3.60. The topological polar surface area (TPSA) is 88.2 Å². The van der Waals surface area contributed by atoms with Crippen LogP contribution >= 0.6 is 11.3 Å². The normalized spacial score (nSPS) is 11.2. The van der Waals surface area contributed by atoms with Gasteiger partial charge in [-0.2, -0.15) is 0 Å². The molecule has 0 saturated carbocycles. The Hall–Kier alpha value is -2.81. The maximum absolute atomic E-state index is 12.3. The third kappa shape index (κ3) is 6.35. The van der Waals surface area contributed by atoms with Gasteiger partial charge >= 0.3 is 0 Å². The van der Waals surface area contributed by atoms with Gasteiger partial charge in [-0.15, -0.1) is 17.9 Å². The number of amides is 1. The maximum atomic E-state index is 12.3. The van der Waals surface area contributed by atoms with E-state index >= 15 is 0 Å². The van der Waals surface area contributed by atoms with Crippen molar-refractivity contribution in [2.45, 2.75) is 12.2 Å². The average Bonchev–Trinajstić information content (AvgIpc) is 3.17. The van der Waals surface area contributed by atoms with E-state index in [2.05, 4.69) is 21.6 Å². The molecule has 0 aliphatic rings. The molecule has 0 atom stereocenters. The van der Waals surface area contributed by atoms with E-state index < -0.39 is 10.0 Å². The SMILES string of the molecule is C=CCNS(=O)(=O)Cc1ccc(NC(=O)Cc2csc(-c3ccccc3)n2)cc1. The smallest absolute Gasteiger partial charge is 0.230 e. The predicted molar refractivity (Wildman–Crippen MR) is 117 cm³/mol. The van der Waals surface area contributed by atoms with Gasteiger partial charge in [0.2, 0.25) is 15.9 Å². The van der Waals surface area contributed by atoms with E-state index in [1.807, 2.05) is 35.7 Å². The Balaban J connectivity index is 1.56. The molecule has 0 aliphatic heterocycles. The summed E-state index contributed by atoms with van der Waals surface area (Å²) in [5, 5.41) is 5.57. The molecule has 6 nitrogen and oxygen atoms in total. The molecular weight excluding hydrogens is 406 g/mol. The monoisotopic (exact) mass is 427 g/mol. The van der Waals surface area contributed by atoms with Crippen molar-refractivity contribution in [1.82, 2.24) is 9.71 Å². The molecule has 8 heteroatoms. The van der Waals surface area contributed by atoms with Gasteiger partial charge < -0.3 is 5.32 Å². The van der Waals surface area contributed by atoms with Gasteiger partial charge in [0.1, 0.15) is 5.01 Å². The summed E-state index contributed by atoms with van der Waals surface area (Å²) in [5.74, 6) is -0.307. The molecule has 29 heavy (non-hydrogen) atoms. The molecule has 1 aromatic heterocycles. The first-order valence-corrected chi connectivity index (χ1v) is 11.5. The standard InChI is InChI=1S/C21H21N3O3S2/c1-2-12-22-29(26,27)15-16-8-10-18(11-9-16)23-20(25)13-19-14-28-21(24-19)17-6-4-3-5-7-17/h2-11,14,22H,1,12-13,15H2,(H,23,25). The van der Waals surface area contributed by atoms with Crippen LogP contribution in [0.3, 0.4) is 0 Å². The second-order valence-electron chi connectivity index (χ2n) is 6.33. The van der Waals surface area contributed by atoms with Crippen molar-refractivity contribution in [2.75, 3.05) is 11.9 Å². The molecule has 3 aromatic rings. The number of nitrogens with one attached hydrogen (secondary N) is 2. The second kappa shape index (κ2) is 9.60. The lowest BCUT2D eigenvalue weighted by atomic mass is 10.2. The van der Waals surface area contributed by atoms with E-state index in [0.29, 0.717) is 16.9 Å². The highest BCUT2D eigenvalue weighted by Crippen LogP contribution is 2.23. The minimum Gasteiger partial charge on any atom is -0.326 e. The number of rotatable bonds is 9. The summed E-state index contributed by atoms with van der Waals surface area (Å²) in [4.78, 5) is 16.8. The largest absolute Gasteiger partial charge is 0.326 e. The van der Waals surface area contributed by atoms with Gasteiger partial charge in [-0.1, -0.05) is 48.5 Å². The molecule has 0 bridgehead atoms. The van der Waals surface area contributed by atoms with Gasteiger partial charge in [-0.3, -0.25) is 4.79 Å². The zero-order valence-electron chi connectivity index (χ0n) is 15.7. The van der Waals surface area contributed by atoms with Crippen molar-refractivity contribution in [1.29, 1.82) is 0 Å². The van der Waals surface area contributed by atoms with Crippen LogP contribution in [-0.2, 0) is 27.0 Å². The molecule has 0 fully saturated rings. The number of nitrogens with zero attached hydrogens (tertiary/aromatic N) is 1. The maximum Gasteiger partial charge on any atom is 0.230 e. The molecule has 2 aromatic carbocycles. The number of carbonyl (C=O) groups is 1. The van der Waals surface area contributed by atoms with Crippen LogP contribution in [0.2, 0.25) is 0 Å². The highest BCUT2D eigenvalue weighted by atomic mass is 32.2. The van der Waals surface area contributed by atoms with Crippen molar-refractivity contribution >= 4 is 33.0 Å². The molecule has 0 spiro atoms. The van der Waals surface area contributed by atoms with Gasteiger partial charge in [0.05, 0.1) is 17.9 Å². The molecule has 0 aliphatic carbocycles. The Morgan fingerprint density at radius 3 is 2.52 bits per heavy atom. The van der Waals surface area contributed by atoms with Crippen molar-refractivity contribution in [2.24, 2.45) is 0 Å². The minimum atomic E-state index is -3.41. The molecule has 3 rings (SSSR count). The number of carbonyl (C=O) groups excluding carboxylic acids is 1. The van der Waals surface area contributed by atoms with E-state index in [1.165, 1.54) is 17.4 Å². The van der Waals surface area contributed by atoms with Crippen molar-refractivity contribution in [3.8, 4) is 10.6 Å². The molecular formula is C21H21N3O3S2. The van der Waals surface area contributed by atoms with Crippen LogP contribution in [0, 0.1) is 0 Å². The van der Waals surface area contributed by atoms with E-state index in [0.717, 1.165) is 10.6 Å². The van der Waals surface area contributed by atoms with E-state index in [9.17, 15) is 13.2 Å².